The lowest BCUT2D eigenvalue weighted by atomic mass is 9.94. The van der Waals surface area contributed by atoms with Crippen molar-refractivity contribution >= 4 is 6.09 Å². The Morgan fingerprint density at radius 3 is 2.85 bits per heavy atom. The molecular weight excluding hydrogens is 170 g/mol. The highest BCUT2D eigenvalue weighted by Gasteiger charge is 2.45. The maximum atomic E-state index is 10.8. The van der Waals surface area contributed by atoms with E-state index in [1.807, 2.05) is 6.92 Å². The third-order valence-electron chi connectivity index (χ3n) is 3.00. The SMILES string of the molecule is CCN(C(=O)O)C1CC[C@H]2O[C@H]2C1. The van der Waals surface area contributed by atoms with Gasteiger partial charge in [0.25, 0.3) is 0 Å². The molecule has 3 atom stereocenters. The maximum Gasteiger partial charge on any atom is 0.407 e. The van der Waals surface area contributed by atoms with E-state index >= 15 is 0 Å². The topological polar surface area (TPSA) is 53.1 Å². The normalized spacial score (nSPS) is 36.5. The van der Waals surface area contributed by atoms with Gasteiger partial charge >= 0.3 is 6.09 Å². The van der Waals surface area contributed by atoms with Crippen molar-refractivity contribution in [2.24, 2.45) is 0 Å². The number of epoxide rings is 1. The Bertz CT molecular complexity index is 219. The lowest BCUT2D eigenvalue weighted by Crippen LogP contribution is -2.41. The Kier molecular flexibility index (Phi) is 2.15. The largest absolute Gasteiger partial charge is 0.465 e. The molecule has 1 N–H and O–H groups in total. The first-order valence-corrected chi connectivity index (χ1v) is 4.87. The van der Waals surface area contributed by atoms with Crippen LogP contribution in [0.1, 0.15) is 26.2 Å². The summed E-state index contributed by atoms with van der Waals surface area (Å²) < 4.78 is 5.36. The number of rotatable bonds is 2. The Labute approximate surface area is 77.5 Å². The van der Waals surface area contributed by atoms with E-state index in [0.717, 1.165) is 19.3 Å². The van der Waals surface area contributed by atoms with Crippen LogP contribution < -0.4 is 0 Å². The first kappa shape index (κ1) is 8.81. The molecule has 13 heavy (non-hydrogen) atoms. The van der Waals surface area contributed by atoms with Gasteiger partial charge in [0.2, 0.25) is 0 Å². The van der Waals surface area contributed by atoms with Gasteiger partial charge < -0.3 is 14.7 Å². The average molecular weight is 185 g/mol. The van der Waals surface area contributed by atoms with Gasteiger partial charge in [-0.3, -0.25) is 0 Å². The van der Waals surface area contributed by atoms with Gasteiger partial charge in [0, 0.05) is 12.6 Å². The molecule has 0 spiro atoms. The molecule has 0 radical (unpaired) electrons. The molecule has 2 rings (SSSR count). The van der Waals surface area contributed by atoms with Crippen molar-refractivity contribution in [1.82, 2.24) is 4.90 Å². The van der Waals surface area contributed by atoms with Crippen LogP contribution in [0.25, 0.3) is 0 Å². The van der Waals surface area contributed by atoms with Crippen LogP contribution in [-0.4, -0.2) is 40.9 Å². The van der Waals surface area contributed by atoms with Crippen molar-refractivity contribution in [3.8, 4) is 0 Å². The summed E-state index contributed by atoms with van der Waals surface area (Å²) in [4.78, 5) is 12.4. The number of nitrogens with zero attached hydrogens (tertiary/aromatic N) is 1. The van der Waals surface area contributed by atoms with Crippen LogP contribution in [-0.2, 0) is 4.74 Å². The van der Waals surface area contributed by atoms with E-state index in [4.69, 9.17) is 9.84 Å². The maximum absolute atomic E-state index is 10.8. The monoisotopic (exact) mass is 185 g/mol. The third-order valence-corrected chi connectivity index (χ3v) is 3.00. The molecule has 0 aromatic rings. The van der Waals surface area contributed by atoms with Crippen LogP contribution in [0.15, 0.2) is 0 Å². The second-order valence-electron chi connectivity index (χ2n) is 3.75. The summed E-state index contributed by atoms with van der Waals surface area (Å²) in [5.41, 5.74) is 0. The second kappa shape index (κ2) is 3.18. The highest BCUT2D eigenvalue weighted by atomic mass is 16.6. The fraction of sp³-hybridized carbons (Fsp3) is 0.889. The molecule has 1 saturated heterocycles. The van der Waals surface area contributed by atoms with E-state index in [9.17, 15) is 4.79 Å². The zero-order chi connectivity index (χ0) is 9.42. The average Bonchev–Trinajstić information content (AvgIpc) is 2.82. The first-order valence-electron chi connectivity index (χ1n) is 4.87. The summed E-state index contributed by atoms with van der Waals surface area (Å²) in [7, 11) is 0. The van der Waals surface area contributed by atoms with E-state index in [2.05, 4.69) is 0 Å². The number of amides is 1. The predicted molar refractivity (Wildman–Crippen MR) is 46.7 cm³/mol. The molecule has 0 bridgehead atoms. The van der Waals surface area contributed by atoms with Gasteiger partial charge in [-0.05, 0) is 26.2 Å². The summed E-state index contributed by atoms with van der Waals surface area (Å²) in [5.74, 6) is 0. The number of fused-ring (bicyclic) bond motifs is 1. The van der Waals surface area contributed by atoms with E-state index < -0.39 is 6.09 Å². The van der Waals surface area contributed by atoms with Gasteiger partial charge in [0.15, 0.2) is 0 Å². The minimum Gasteiger partial charge on any atom is -0.465 e. The van der Waals surface area contributed by atoms with Gasteiger partial charge in [0.05, 0.1) is 12.2 Å². The van der Waals surface area contributed by atoms with Gasteiger partial charge in [-0.1, -0.05) is 0 Å². The molecule has 4 heteroatoms. The van der Waals surface area contributed by atoms with Crippen molar-refractivity contribution in [3.05, 3.63) is 0 Å². The molecular formula is C9H15NO3. The van der Waals surface area contributed by atoms with Crippen LogP contribution in [0.4, 0.5) is 4.79 Å². The highest BCUT2D eigenvalue weighted by molar-refractivity contribution is 5.65. The van der Waals surface area contributed by atoms with E-state index in [1.165, 1.54) is 4.90 Å². The molecule has 0 aromatic carbocycles. The number of ether oxygens (including phenoxy) is 1. The smallest absolute Gasteiger partial charge is 0.407 e. The lowest BCUT2D eigenvalue weighted by molar-refractivity contribution is 0.117. The number of carboxylic acid groups (broad SMARTS) is 1. The van der Waals surface area contributed by atoms with Gasteiger partial charge in [-0.2, -0.15) is 0 Å². The van der Waals surface area contributed by atoms with E-state index in [0.29, 0.717) is 18.8 Å². The standard InChI is InChI=1S/C9H15NO3/c1-2-10(9(11)12)6-3-4-7-8(5-6)13-7/h6-8H,2-5H2,1H3,(H,11,12)/t6?,7-,8+/m1/s1. The molecule has 1 heterocycles. The Morgan fingerprint density at radius 2 is 2.31 bits per heavy atom. The molecule has 2 aliphatic rings. The lowest BCUT2D eigenvalue weighted by Gasteiger charge is -2.29. The van der Waals surface area contributed by atoms with E-state index in [1.54, 1.807) is 0 Å². The van der Waals surface area contributed by atoms with Gasteiger partial charge in [-0.25, -0.2) is 4.79 Å². The summed E-state index contributed by atoms with van der Waals surface area (Å²) in [6, 6.07) is 0.186. The van der Waals surface area contributed by atoms with Crippen molar-refractivity contribution in [2.75, 3.05) is 6.54 Å². The Morgan fingerprint density at radius 1 is 1.54 bits per heavy atom. The van der Waals surface area contributed by atoms with Crippen molar-refractivity contribution in [3.63, 3.8) is 0 Å². The zero-order valence-electron chi connectivity index (χ0n) is 7.77. The fourth-order valence-electron chi connectivity index (χ4n) is 2.22. The van der Waals surface area contributed by atoms with Gasteiger partial charge in [-0.15, -0.1) is 0 Å². The molecule has 1 unspecified atom stereocenters. The molecule has 4 nitrogen and oxygen atoms in total. The molecule has 1 amide bonds. The minimum atomic E-state index is -0.799. The second-order valence-corrected chi connectivity index (χ2v) is 3.75. The predicted octanol–water partition coefficient (Wildman–Crippen LogP) is 1.31. The van der Waals surface area contributed by atoms with Gasteiger partial charge in [0.1, 0.15) is 0 Å². The Hall–Kier alpha value is -0.770. The third kappa shape index (κ3) is 1.63. The highest BCUT2D eigenvalue weighted by Crippen LogP contribution is 2.38. The molecule has 1 aliphatic carbocycles. The summed E-state index contributed by atoms with van der Waals surface area (Å²) >= 11 is 0. The van der Waals surface area contributed by atoms with Crippen molar-refractivity contribution in [2.45, 2.75) is 44.4 Å². The molecule has 2 fully saturated rings. The number of hydrogen-bond donors (Lipinski definition) is 1. The minimum absolute atomic E-state index is 0.186. The summed E-state index contributed by atoms with van der Waals surface area (Å²) in [6.45, 7) is 2.46. The summed E-state index contributed by atoms with van der Waals surface area (Å²) in [5, 5.41) is 8.91. The van der Waals surface area contributed by atoms with Crippen LogP contribution >= 0.6 is 0 Å². The molecule has 1 saturated carbocycles. The van der Waals surface area contributed by atoms with Crippen LogP contribution in [0, 0.1) is 0 Å². The Balaban J connectivity index is 1.93. The quantitative estimate of drug-likeness (QED) is 0.660. The molecule has 1 aliphatic heterocycles. The fourth-order valence-corrected chi connectivity index (χ4v) is 2.22. The first-order chi connectivity index (χ1) is 6.22. The molecule has 74 valence electrons. The van der Waals surface area contributed by atoms with Crippen LogP contribution in [0.2, 0.25) is 0 Å². The number of hydrogen-bond acceptors (Lipinski definition) is 2. The van der Waals surface area contributed by atoms with Crippen molar-refractivity contribution in [1.29, 1.82) is 0 Å². The van der Waals surface area contributed by atoms with Crippen molar-refractivity contribution < 1.29 is 14.6 Å². The number of carbonyl (C=O) groups is 1. The summed E-state index contributed by atoms with van der Waals surface area (Å²) in [6.07, 6.45) is 2.88. The zero-order valence-corrected chi connectivity index (χ0v) is 7.77. The van der Waals surface area contributed by atoms with Crippen LogP contribution in [0.3, 0.4) is 0 Å². The van der Waals surface area contributed by atoms with Crippen LogP contribution in [0.5, 0.6) is 0 Å². The van der Waals surface area contributed by atoms with E-state index in [-0.39, 0.29) is 6.04 Å². The molecule has 0 aromatic heterocycles.